The molecule has 0 amide bonds. The number of nitrogens with zero attached hydrogens (tertiary/aromatic N) is 3. The first kappa shape index (κ1) is 14.4. The predicted octanol–water partition coefficient (Wildman–Crippen LogP) is 5.00. The molecule has 0 saturated heterocycles. The van der Waals surface area contributed by atoms with E-state index in [1.54, 1.807) is 4.52 Å². The maximum absolute atomic E-state index is 6.52. The van der Waals surface area contributed by atoms with E-state index in [-0.39, 0.29) is 5.41 Å². The van der Waals surface area contributed by atoms with Gasteiger partial charge in [0.25, 0.3) is 0 Å². The van der Waals surface area contributed by atoms with Crippen molar-refractivity contribution in [2.45, 2.75) is 26.2 Å². The van der Waals surface area contributed by atoms with E-state index in [2.05, 4.69) is 30.9 Å². The van der Waals surface area contributed by atoms with Gasteiger partial charge in [0.1, 0.15) is 10.3 Å². The van der Waals surface area contributed by atoms with E-state index in [0.717, 1.165) is 11.3 Å². The largest absolute Gasteiger partial charge is 0.216 e. The van der Waals surface area contributed by atoms with E-state index >= 15 is 0 Å². The van der Waals surface area contributed by atoms with Crippen molar-refractivity contribution in [3.05, 3.63) is 52.4 Å². The van der Waals surface area contributed by atoms with Crippen molar-refractivity contribution in [2.75, 3.05) is 0 Å². The molecule has 2 heterocycles. The smallest absolute Gasteiger partial charge is 0.158 e. The summed E-state index contributed by atoms with van der Waals surface area (Å²) in [5.74, 6) is 0. The Morgan fingerprint density at radius 2 is 1.71 bits per heavy atom. The molecule has 0 aliphatic heterocycles. The van der Waals surface area contributed by atoms with Crippen LogP contribution in [0.2, 0.25) is 10.3 Å². The summed E-state index contributed by atoms with van der Waals surface area (Å²) in [5, 5.41) is 5.44. The second-order valence-electron chi connectivity index (χ2n) is 5.98. The molecule has 0 spiro atoms. The van der Waals surface area contributed by atoms with Gasteiger partial charge < -0.3 is 0 Å². The first-order valence-corrected chi connectivity index (χ1v) is 7.44. The summed E-state index contributed by atoms with van der Waals surface area (Å²) < 4.78 is 1.65. The van der Waals surface area contributed by atoms with Crippen LogP contribution < -0.4 is 0 Å². The average molecular weight is 320 g/mol. The zero-order chi connectivity index (χ0) is 15.2. The molecule has 0 unspecified atom stereocenters. The molecule has 2 aromatic heterocycles. The van der Waals surface area contributed by atoms with Gasteiger partial charge in [0, 0.05) is 11.5 Å². The van der Waals surface area contributed by atoms with Crippen molar-refractivity contribution in [1.82, 2.24) is 14.6 Å². The summed E-state index contributed by atoms with van der Waals surface area (Å²) in [5.41, 5.74) is 3.15. The molecule has 0 atom stereocenters. The fourth-order valence-electron chi connectivity index (χ4n) is 2.15. The SMILES string of the molecule is CC(C)(C)c1cc2nc(Cl)c(-c3ccccc3)c(Cl)n2n1. The van der Waals surface area contributed by atoms with E-state index in [4.69, 9.17) is 23.2 Å². The zero-order valence-electron chi connectivity index (χ0n) is 12.1. The fourth-order valence-corrected chi connectivity index (χ4v) is 2.81. The Balaban J connectivity index is 2.29. The molecule has 0 aliphatic rings. The van der Waals surface area contributed by atoms with Gasteiger partial charge in [0.05, 0.1) is 11.3 Å². The van der Waals surface area contributed by atoms with Crippen molar-refractivity contribution in [3.63, 3.8) is 0 Å². The summed E-state index contributed by atoms with van der Waals surface area (Å²) in [6.07, 6.45) is 0. The lowest BCUT2D eigenvalue weighted by Crippen LogP contribution is -2.11. The van der Waals surface area contributed by atoms with E-state index in [0.29, 0.717) is 21.5 Å². The average Bonchev–Trinajstić information content (AvgIpc) is 2.84. The lowest BCUT2D eigenvalue weighted by atomic mass is 9.93. The Kier molecular flexibility index (Phi) is 3.42. The highest BCUT2D eigenvalue weighted by Gasteiger charge is 2.21. The summed E-state index contributed by atoms with van der Waals surface area (Å²) in [6.45, 7) is 6.30. The molecule has 0 radical (unpaired) electrons. The normalized spacial score (nSPS) is 12.0. The molecule has 5 heteroatoms. The van der Waals surface area contributed by atoms with Crippen LogP contribution in [0.4, 0.5) is 0 Å². The van der Waals surface area contributed by atoms with Gasteiger partial charge in [-0.3, -0.25) is 0 Å². The van der Waals surface area contributed by atoms with Crippen molar-refractivity contribution < 1.29 is 0 Å². The van der Waals surface area contributed by atoms with Crippen molar-refractivity contribution in [1.29, 1.82) is 0 Å². The third kappa shape index (κ3) is 2.52. The molecular weight excluding hydrogens is 305 g/mol. The monoisotopic (exact) mass is 319 g/mol. The van der Waals surface area contributed by atoms with Crippen LogP contribution in [0.1, 0.15) is 26.5 Å². The highest BCUT2D eigenvalue weighted by molar-refractivity contribution is 6.38. The molecule has 0 saturated carbocycles. The van der Waals surface area contributed by atoms with Gasteiger partial charge >= 0.3 is 0 Å². The molecular formula is C16H15Cl2N3. The van der Waals surface area contributed by atoms with Crippen molar-refractivity contribution in [2.24, 2.45) is 0 Å². The summed E-state index contributed by atoms with van der Waals surface area (Å²) >= 11 is 12.9. The third-order valence-corrected chi connectivity index (χ3v) is 3.96. The first-order chi connectivity index (χ1) is 9.88. The quantitative estimate of drug-likeness (QED) is 0.591. The minimum absolute atomic E-state index is 0.0730. The highest BCUT2D eigenvalue weighted by Crippen LogP contribution is 2.34. The topological polar surface area (TPSA) is 30.2 Å². The van der Waals surface area contributed by atoms with Gasteiger partial charge in [-0.15, -0.1) is 0 Å². The van der Waals surface area contributed by atoms with E-state index in [1.807, 2.05) is 36.4 Å². The van der Waals surface area contributed by atoms with Crippen molar-refractivity contribution >= 4 is 28.8 Å². The number of fused-ring (bicyclic) bond motifs is 1. The van der Waals surface area contributed by atoms with Gasteiger partial charge in [0.15, 0.2) is 5.65 Å². The Bertz CT molecular complexity index is 802. The lowest BCUT2D eigenvalue weighted by Gasteiger charge is -2.13. The number of hydrogen-bond acceptors (Lipinski definition) is 2. The molecule has 0 aliphatic carbocycles. The second-order valence-corrected chi connectivity index (χ2v) is 6.70. The first-order valence-electron chi connectivity index (χ1n) is 6.68. The fraction of sp³-hybridized carbons (Fsp3) is 0.250. The van der Waals surface area contributed by atoms with Crippen molar-refractivity contribution in [3.8, 4) is 11.1 Å². The predicted molar refractivity (Wildman–Crippen MR) is 87.1 cm³/mol. The molecule has 0 fully saturated rings. The van der Waals surface area contributed by atoms with Gasteiger partial charge in [-0.2, -0.15) is 5.10 Å². The maximum Gasteiger partial charge on any atom is 0.158 e. The Morgan fingerprint density at radius 3 is 2.33 bits per heavy atom. The third-order valence-electron chi connectivity index (χ3n) is 3.33. The Labute approximate surface area is 133 Å². The van der Waals surface area contributed by atoms with Gasteiger partial charge in [-0.1, -0.05) is 74.3 Å². The number of aromatic nitrogens is 3. The van der Waals surface area contributed by atoms with Crippen LogP contribution in [-0.4, -0.2) is 14.6 Å². The number of benzene rings is 1. The zero-order valence-corrected chi connectivity index (χ0v) is 13.6. The molecule has 3 aromatic rings. The highest BCUT2D eigenvalue weighted by atomic mass is 35.5. The molecule has 0 N–H and O–H groups in total. The van der Waals surface area contributed by atoms with Crippen LogP contribution in [0.5, 0.6) is 0 Å². The molecule has 3 nitrogen and oxygen atoms in total. The van der Waals surface area contributed by atoms with Crippen LogP contribution >= 0.6 is 23.2 Å². The minimum atomic E-state index is -0.0730. The van der Waals surface area contributed by atoms with Gasteiger partial charge in [0.2, 0.25) is 0 Å². The van der Waals surface area contributed by atoms with Crippen LogP contribution in [0.25, 0.3) is 16.8 Å². The standard InChI is InChI=1S/C16H15Cl2N3/c1-16(2,3)11-9-12-19-14(17)13(15(18)21(12)20-11)10-7-5-4-6-8-10/h4-9H,1-3H3. The van der Waals surface area contributed by atoms with Crippen LogP contribution in [0, 0.1) is 0 Å². The summed E-state index contributed by atoms with van der Waals surface area (Å²) in [4.78, 5) is 4.43. The molecule has 3 rings (SSSR count). The molecule has 1 aromatic carbocycles. The summed E-state index contributed by atoms with van der Waals surface area (Å²) in [6, 6.07) is 11.7. The second kappa shape index (κ2) is 5.00. The molecule has 108 valence electrons. The van der Waals surface area contributed by atoms with E-state index in [9.17, 15) is 0 Å². The number of rotatable bonds is 1. The van der Waals surface area contributed by atoms with Crippen LogP contribution in [-0.2, 0) is 5.41 Å². The minimum Gasteiger partial charge on any atom is -0.216 e. The summed E-state index contributed by atoms with van der Waals surface area (Å²) in [7, 11) is 0. The molecule has 0 bridgehead atoms. The van der Waals surface area contributed by atoms with Crippen LogP contribution in [0.3, 0.4) is 0 Å². The molecule has 21 heavy (non-hydrogen) atoms. The van der Waals surface area contributed by atoms with Crippen LogP contribution in [0.15, 0.2) is 36.4 Å². The van der Waals surface area contributed by atoms with E-state index < -0.39 is 0 Å². The van der Waals surface area contributed by atoms with Gasteiger partial charge in [-0.25, -0.2) is 9.50 Å². The number of hydrogen-bond donors (Lipinski definition) is 0. The lowest BCUT2D eigenvalue weighted by molar-refractivity contribution is 0.563. The van der Waals surface area contributed by atoms with Gasteiger partial charge in [-0.05, 0) is 5.56 Å². The maximum atomic E-state index is 6.52. The van der Waals surface area contributed by atoms with E-state index in [1.165, 1.54) is 0 Å². The Morgan fingerprint density at radius 1 is 1.05 bits per heavy atom. The Hall–Kier alpha value is -1.58. The number of halogens is 2.